The number of hydrogen-bond donors (Lipinski definition) is 1. The van der Waals surface area contributed by atoms with E-state index in [0.717, 1.165) is 17.4 Å². The summed E-state index contributed by atoms with van der Waals surface area (Å²) in [6.45, 7) is 15.8. The second-order valence-electron chi connectivity index (χ2n) is 7.87. The van der Waals surface area contributed by atoms with Gasteiger partial charge in [-0.05, 0) is 41.8 Å². The van der Waals surface area contributed by atoms with Crippen molar-refractivity contribution in [1.29, 1.82) is 0 Å². The standard InChI is InChI=1S/C22H31NOP.2ClH.Ti/c1-8-23-16(4)17-11-9-10-15(3)21(17)25-19-13-14(2)12-18(20(19)24)22(5,6)7;;;/h9-13,16,24-25H,8H2,1-7H3;2*1H;/q-1;;;+2/p-2. The molecule has 2 aromatic carbocycles. The summed E-state index contributed by atoms with van der Waals surface area (Å²) in [5.41, 5.74) is 4.70. The van der Waals surface area contributed by atoms with E-state index in [4.69, 9.17) is 18.6 Å². The van der Waals surface area contributed by atoms with Crippen LogP contribution in [-0.4, -0.2) is 11.7 Å². The first-order valence-corrected chi connectivity index (χ1v) is 14.7. The van der Waals surface area contributed by atoms with Gasteiger partial charge in [-0.25, -0.2) is 0 Å². The van der Waals surface area contributed by atoms with E-state index >= 15 is 0 Å². The minimum atomic E-state index is -0.556. The topological polar surface area (TPSA) is 34.3 Å². The molecule has 2 unspecified atom stereocenters. The zero-order valence-electron chi connectivity index (χ0n) is 17.8. The Kier molecular flexibility index (Phi) is 11.1. The maximum absolute atomic E-state index is 10.9. The van der Waals surface area contributed by atoms with E-state index in [1.54, 1.807) is 0 Å². The van der Waals surface area contributed by atoms with E-state index in [9.17, 15) is 5.11 Å². The van der Waals surface area contributed by atoms with Crippen LogP contribution in [0.1, 0.15) is 62.9 Å². The van der Waals surface area contributed by atoms with Crippen molar-refractivity contribution in [2.75, 3.05) is 6.54 Å². The molecule has 0 heterocycles. The summed E-state index contributed by atoms with van der Waals surface area (Å²) in [7, 11) is 10.2. The molecule has 6 heteroatoms. The minimum absolute atomic E-state index is 0.0747. The van der Waals surface area contributed by atoms with Crippen LogP contribution in [0.2, 0.25) is 0 Å². The van der Waals surface area contributed by atoms with Crippen molar-refractivity contribution in [2.45, 2.75) is 59.9 Å². The van der Waals surface area contributed by atoms with Gasteiger partial charge in [0.2, 0.25) is 0 Å². The van der Waals surface area contributed by atoms with E-state index < -0.39 is 17.0 Å². The fourth-order valence-corrected chi connectivity index (χ4v) is 4.70. The normalized spacial score (nSPS) is 12.6. The second-order valence-corrected chi connectivity index (χ2v) is 11.7. The van der Waals surface area contributed by atoms with Crippen LogP contribution in [-0.2, 0) is 22.4 Å². The molecule has 0 radical (unpaired) electrons. The number of aromatic hydroxyl groups is 1. The summed E-state index contributed by atoms with van der Waals surface area (Å²) in [6, 6.07) is 10.9. The van der Waals surface area contributed by atoms with Gasteiger partial charge in [0.05, 0.1) is 0 Å². The van der Waals surface area contributed by atoms with Crippen LogP contribution in [0.5, 0.6) is 5.75 Å². The van der Waals surface area contributed by atoms with Crippen molar-refractivity contribution in [2.24, 2.45) is 0 Å². The molecule has 0 amide bonds. The van der Waals surface area contributed by atoms with Crippen LogP contribution in [0.15, 0.2) is 30.3 Å². The number of aryl methyl sites for hydroxylation is 2. The molecule has 2 rings (SSSR count). The van der Waals surface area contributed by atoms with E-state index in [1.807, 2.05) is 0 Å². The molecule has 0 bridgehead atoms. The number of rotatable bonds is 5. The molecule has 0 aromatic heterocycles. The van der Waals surface area contributed by atoms with Gasteiger partial charge in [0.25, 0.3) is 0 Å². The van der Waals surface area contributed by atoms with Crippen LogP contribution < -0.4 is 10.6 Å². The Morgan fingerprint density at radius 2 is 1.79 bits per heavy atom. The monoisotopic (exact) mass is 474 g/mol. The molecule has 0 saturated heterocycles. The Morgan fingerprint density at radius 1 is 1.18 bits per heavy atom. The Labute approximate surface area is 189 Å². The first-order chi connectivity index (χ1) is 13.1. The van der Waals surface area contributed by atoms with Crippen molar-refractivity contribution in [3.63, 3.8) is 0 Å². The number of phenols is 1. The van der Waals surface area contributed by atoms with Gasteiger partial charge in [-0.3, -0.25) is 0 Å². The number of phenolic OH excluding ortho intramolecular Hbond substituents is 1. The van der Waals surface area contributed by atoms with Gasteiger partial charge in [0, 0.05) is 10.9 Å². The van der Waals surface area contributed by atoms with Gasteiger partial charge >= 0.3 is 35.6 Å². The average molecular weight is 475 g/mol. The fourth-order valence-electron chi connectivity index (χ4n) is 3.16. The third-order valence-electron chi connectivity index (χ3n) is 4.53. The van der Waals surface area contributed by atoms with Gasteiger partial charge in [-0.2, -0.15) is 6.54 Å². The molecular formula is C22H31Cl2NOPTi-. The third kappa shape index (κ3) is 7.31. The molecule has 0 fully saturated rings. The molecule has 0 aliphatic rings. The Balaban J connectivity index is 0.00000122. The summed E-state index contributed by atoms with van der Waals surface area (Å²) >= 11 is -0.556. The SMILES string of the molecule is CC[N-]C(C)c1cccc(C)c1Pc1cc(C)cc(C(C)(C)C)c1O.[Cl][Ti][Cl]. The van der Waals surface area contributed by atoms with E-state index in [0.29, 0.717) is 14.3 Å². The number of hydrogen-bond acceptors (Lipinski definition) is 1. The van der Waals surface area contributed by atoms with Crippen LogP contribution in [0, 0.1) is 13.8 Å². The molecular weight excluding hydrogens is 444 g/mol. The zero-order valence-corrected chi connectivity index (χ0v) is 21.9. The summed E-state index contributed by atoms with van der Waals surface area (Å²) in [6.07, 6.45) is 0. The van der Waals surface area contributed by atoms with E-state index in [-0.39, 0.29) is 11.5 Å². The molecule has 0 aliphatic heterocycles. The summed E-state index contributed by atoms with van der Waals surface area (Å²) < 4.78 is 0. The van der Waals surface area contributed by atoms with Gasteiger partial charge in [0.15, 0.2) is 0 Å². The summed E-state index contributed by atoms with van der Waals surface area (Å²) in [5.74, 6) is 0.450. The maximum atomic E-state index is 10.9. The summed E-state index contributed by atoms with van der Waals surface area (Å²) in [4.78, 5) is 0. The number of halogens is 2. The molecule has 2 aromatic rings. The van der Waals surface area contributed by atoms with Gasteiger partial charge in [-0.15, -0.1) is 6.04 Å². The van der Waals surface area contributed by atoms with Gasteiger partial charge in [-0.1, -0.05) is 73.0 Å². The predicted molar refractivity (Wildman–Crippen MR) is 124 cm³/mol. The molecule has 2 atom stereocenters. The van der Waals surface area contributed by atoms with Gasteiger partial charge < -0.3 is 10.4 Å². The van der Waals surface area contributed by atoms with E-state index in [1.165, 1.54) is 22.0 Å². The number of nitrogens with zero attached hydrogens (tertiary/aromatic N) is 1. The molecule has 0 aliphatic carbocycles. The molecule has 2 nitrogen and oxygen atoms in total. The second kappa shape index (κ2) is 11.9. The van der Waals surface area contributed by atoms with Crippen molar-refractivity contribution in [1.82, 2.24) is 0 Å². The molecule has 0 spiro atoms. The number of benzene rings is 2. The van der Waals surface area contributed by atoms with Crippen molar-refractivity contribution in [3.05, 3.63) is 57.9 Å². The Hall–Kier alpha value is -0.0757. The van der Waals surface area contributed by atoms with Crippen LogP contribution in [0.25, 0.3) is 5.32 Å². The molecule has 154 valence electrons. The molecule has 0 saturated carbocycles. The van der Waals surface area contributed by atoms with E-state index in [2.05, 4.69) is 84.1 Å². The van der Waals surface area contributed by atoms with Crippen molar-refractivity contribution in [3.8, 4) is 5.75 Å². The fraction of sp³-hybridized carbons (Fsp3) is 0.455. The quantitative estimate of drug-likeness (QED) is 0.376. The Bertz CT molecular complexity index is 778. The third-order valence-corrected chi connectivity index (χ3v) is 6.12. The first-order valence-electron chi connectivity index (χ1n) is 9.40. The zero-order chi connectivity index (χ0) is 21.5. The predicted octanol–water partition coefficient (Wildman–Crippen LogP) is 6.77. The van der Waals surface area contributed by atoms with Crippen molar-refractivity contribution >= 4 is 37.8 Å². The van der Waals surface area contributed by atoms with Crippen LogP contribution in [0.4, 0.5) is 0 Å². The van der Waals surface area contributed by atoms with Crippen LogP contribution >= 0.6 is 27.2 Å². The Morgan fingerprint density at radius 3 is 2.32 bits per heavy atom. The van der Waals surface area contributed by atoms with Crippen LogP contribution in [0.3, 0.4) is 0 Å². The average Bonchev–Trinajstić information content (AvgIpc) is 2.59. The first kappa shape index (κ1) is 26.0. The van der Waals surface area contributed by atoms with Crippen molar-refractivity contribution < 1.29 is 22.1 Å². The molecule has 1 N–H and O–H groups in total. The van der Waals surface area contributed by atoms with Gasteiger partial charge in [0.1, 0.15) is 5.75 Å². The molecule has 28 heavy (non-hydrogen) atoms. The summed E-state index contributed by atoms with van der Waals surface area (Å²) in [5, 5.41) is 17.9.